The van der Waals surface area contributed by atoms with Crippen LogP contribution < -0.4 is 10.6 Å². The highest BCUT2D eigenvalue weighted by Crippen LogP contribution is 2.19. The largest absolute Gasteiger partial charge is 0.480 e. The predicted molar refractivity (Wildman–Crippen MR) is 75.0 cm³/mol. The highest BCUT2D eigenvalue weighted by atomic mass is 32.2. The van der Waals surface area contributed by atoms with E-state index < -0.39 is 18.0 Å². The summed E-state index contributed by atoms with van der Waals surface area (Å²) in [6.07, 6.45) is 2.40. The zero-order chi connectivity index (χ0) is 14.3. The Morgan fingerprint density at radius 2 is 1.89 bits per heavy atom. The Morgan fingerprint density at radius 1 is 1.33 bits per heavy atom. The Balaban J connectivity index is 4.23. The van der Waals surface area contributed by atoms with Gasteiger partial charge in [-0.1, -0.05) is 13.8 Å². The standard InChI is InChI=1S/C12H24N2O3S/c1-8(2)6-9(10(15)16)14-11(17)13-7-12(3,4)18-5/h8-9H,6-7H2,1-5H3,(H,15,16)(H2,13,14,17). The van der Waals surface area contributed by atoms with Crippen molar-refractivity contribution in [3.8, 4) is 0 Å². The lowest BCUT2D eigenvalue weighted by atomic mass is 10.0. The molecule has 1 unspecified atom stereocenters. The zero-order valence-corrected chi connectivity index (χ0v) is 12.6. The third-order valence-electron chi connectivity index (χ3n) is 2.54. The number of thioether (sulfide) groups is 1. The van der Waals surface area contributed by atoms with E-state index in [4.69, 9.17) is 5.11 Å². The SMILES string of the molecule is CSC(C)(C)CNC(=O)NC(CC(C)C)C(=O)O. The number of carbonyl (C=O) groups is 2. The van der Waals surface area contributed by atoms with Gasteiger partial charge in [-0.25, -0.2) is 9.59 Å². The number of hydrogen-bond acceptors (Lipinski definition) is 3. The van der Waals surface area contributed by atoms with Crippen LogP contribution in [0.4, 0.5) is 4.79 Å². The first-order valence-corrected chi connectivity index (χ1v) is 7.22. The second-order valence-corrected chi connectivity index (χ2v) is 6.82. The molecule has 6 heteroatoms. The second kappa shape index (κ2) is 7.51. The number of carbonyl (C=O) groups excluding carboxylic acids is 1. The summed E-state index contributed by atoms with van der Waals surface area (Å²) in [7, 11) is 0. The van der Waals surface area contributed by atoms with E-state index in [2.05, 4.69) is 10.6 Å². The molecule has 106 valence electrons. The van der Waals surface area contributed by atoms with Crippen LogP contribution in [-0.4, -0.2) is 40.7 Å². The molecule has 0 saturated carbocycles. The predicted octanol–water partition coefficient (Wildman–Crippen LogP) is 1.93. The molecule has 0 heterocycles. The van der Waals surface area contributed by atoms with Crippen molar-refractivity contribution in [1.29, 1.82) is 0 Å². The van der Waals surface area contributed by atoms with Crippen LogP contribution in [0.1, 0.15) is 34.1 Å². The van der Waals surface area contributed by atoms with E-state index in [1.165, 1.54) is 0 Å². The molecule has 0 bridgehead atoms. The van der Waals surface area contributed by atoms with Crippen LogP contribution in [0.5, 0.6) is 0 Å². The maximum Gasteiger partial charge on any atom is 0.326 e. The maximum atomic E-state index is 11.6. The van der Waals surface area contributed by atoms with Crippen LogP contribution in [0.2, 0.25) is 0 Å². The quantitative estimate of drug-likeness (QED) is 0.664. The van der Waals surface area contributed by atoms with Crippen LogP contribution in [0, 0.1) is 5.92 Å². The summed E-state index contributed by atoms with van der Waals surface area (Å²) >= 11 is 1.65. The third kappa shape index (κ3) is 7.42. The van der Waals surface area contributed by atoms with Gasteiger partial charge in [0.2, 0.25) is 0 Å². The Labute approximate surface area is 113 Å². The summed E-state index contributed by atoms with van der Waals surface area (Å²) in [6, 6.07) is -1.26. The van der Waals surface area contributed by atoms with Crippen molar-refractivity contribution < 1.29 is 14.7 Å². The minimum Gasteiger partial charge on any atom is -0.480 e. The Hall–Kier alpha value is -0.910. The summed E-state index contributed by atoms with van der Waals surface area (Å²) in [5.41, 5.74) is 0. The van der Waals surface area contributed by atoms with E-state index in [9.17, 15) is 9.59 Å². The average Bonchev–Trinajstić information content (AvgIpc) is 2.25. The number of carboxylic acid groups (broad SMARTS) is 1. The van der Waals surface area contributed by atoms with Crippen LogP contribution in [-0.2, 0) is 4.79 Å². The summed E-state index contributed by atoms with van der Waals surface area (Å²) in [6.45, 7) is 8.37. The molecule has 0 spiro atoms. The number of carboxylic acids is 1. The zero-order valence-electron chi connectivity index (χ0n) is 11.7. The first-order chi connectivity index (χ1) is 8.18. The molecule has 2 amide bonds. The van der Waals surface area contributed by atoms with E-state index in [1.54, 1.807) is 11.8 Å². The average molecular weight is 276 g/mol. The fourth-order valence-corrected chi connectivity index (χ4v) is 1.48. The molecule has 0 aliphatic rings. The van der Waals surface area contributed by atoms with Crippen molar-refractivity contribution in [3.05, 3.63) is 0 Å². The van der Waals surface area contributed by atoms with Gasteiger partial charge in [-0.15, -0.1) is 0 Å². The molecule has 1 atom stereocenters. The lowest BCUT2D eigenvalue weighted by Gasteiger charge is -2.23. The van der Waals surface area contributed by atoms with Gasteiger partial charge < -0.3 is 15.7 Å². The van der Waals surface area contributed by atoms with E-state index >= 15 is 0 Å². The third-order valence-corrected chi connectivity index (χ3v) is 3.79. The molecule has 0 radical (unpaired) electrons. The van der Waals surface area contributed by atoms with Crippen LogP contribution in [0.25, 0.3) is 0 Å². The minimum atomic E-state index is -0.997. The van der Waals surface area contributed by atoms with Gasteiger partial charge in [0, 0.05) is 11.3 Å². The van der Waals surface area contributed by atoms with Gasteiger partial charge >= 0.3 is 12.0 Å². The highest BCUT2D eigenvalue weighted by Gasteiger charge is 2.22. The van der Waals surface area contributed by atoms with Crippen molar-refractivity contribution in [3.63, 3.8) is 0 Å². The van der Waals surface area contributed by atoms with Crippen LogP contribution in [0.3, 0.4) is 0 Å². The lowest BCUT2D eigenvalue weighted by molar-refractivity contribution is -0.139. The Morgan fingerprint density at radius 3 is 2.28 bits per heavy atom. The molecule has 0 aromatic rings. The molecule has 0 aliphatic heterocycles. The molecule has 0 aromatic heterocycles. The normalized spacial score (nSPS) is 13.2. The van der Waals surface area contributed by atoms with E-state index in [-0.39, 0.29) is 10.7 Å². The molecular weight excluding hydrogens is 252 g/mol. The number of rotatable bonds is 7. The lowest BCUT2D eigenvalue weighted by Crippen LogP contribution is -2.49. The molecule has 18 heavy (non-hydrogen) atoms. The van der Waals surface area contributed by atoms with Crippen molar-refractivity contribution in [2.24, 2.45) is 5.92 Å². The van der Waals surface area contributed by atoms with Crippen molar-refractivity contribution in [1.82, 2.24) is 10.6 Å². The van der Waals surface area contributed by atoms with Crippen LogP contribution >= 0.6 is 11.8 Å². The summed E-state index contributed by atoms with van der Waals surface area (Å²) in [5.74, 6) is -0.781. The van der Waals surface area contributed by atoms with E-state index in [0.29, 0.717) is 13.0 Å². The van der Waals surface area contributed by atoms with Crippen molar-refractivity contribution in [2.75, 3.05) is 12.8 Å². The first-order valence-electron chi connectivity index (χ1n) is 6.00. The van der Waals surface area contributed by atoms with E-state index in [1.807, 2.05) is 34.0 Å². The van der Waals surface area contributed by atoms with Gasteiger partial charge in [0.05, 0.1) is 0 Å². The fraction of sp³-hybridized carbons (Fsp3) is 0.833. The molecule has 0 aliphatic carbocycles. The topological polar surface area (TPSA) is 78.4 Å². The summed E-state index contributed by atoms with van der Waals surface area (Å²) < 4.78 is -0.0614. The maximum absolute atomic E-state index is 11.6. The molecule has 5 nitrogen and oxygen atoms in total. The van der Waals surface area contributed by atoms with E-state index in [0.717, 1.165) is 0 Å². The molecule has 0 aromatic carbocycles. The Kier molecular flexibility index (Phi) is 7.13. The van der Waals surface area contributed by atoms with Gasteiger partial charge in [-0.2, -0.15) is 11.8 Å². The number of amides is 2. The molecule has 0 fully saturated rings. The monoisotopic (exact) mass is 276 g/mol. The first kappa shape index (κ1) is 17.1. The summed E-state index contributed by atoms with van der Waals surface area (Å²) in [5, 5.41) is 14.2. The minimum absolute atomic E-state index is 0.0614. The number of nitrogens with one attached hydrogen (secondary N) is 2. The van der Waals surface area contributed by atoms with Gasteiger partial charge in [0.1, 0.15) is 6.04 Å². The number of urea groups is 1. The second-order valence-electron chi connectivity index (χ2n) is 5.31. The molecule has 0 rings (SSSR count). The van der Waals surface area contributed by atoms with Gasteiger partial charge in [0.25, 0.3) is 0 Å². The number of aliphatic carboxylic acids is 1. The fourth-order valence-electron chi connectivity index (χ4n) is 1.27. The van der Waals surface area contributed by atoms with Gasteiger partial charge in [0.15, 0.2) is 0 Å². The molecular formula is C12H24N2O3S. The van der Waals surface area contributed by atoms with Crippen molar-refractivity contribution in [2.45, 2.75) is 44.9 Å². The Bertz CT molecular complexity index is 293. The van der Waals surface area contributed by atoms with Crippen molar-refractivity contribution >= 4 is 23.8 Å². The van der Waals surface area contributed by atoms with Crippen LogP contribution in [0.15, 0.2) is 0 Å². The smallest absolute Gasteiger partial charge is 0.326 e. The summed E-state index contributed by atoms with van der Waals surface area (Å²) in [4.78, 5) is 22.6. The highest BCUT2D eigenvalue weighted by molar-refractivity contribution is 7.99. The number of hydrogen-bond donors (Lipinski definition) is 3. The molecule has 3 N–H and O–H groups in total. The molecule has 0 saturated heterocycles. The van der Waals surface area contributed by atoms with Gasteiger partial charge in [-0.3, -0.25) is 0 Å². The van der Waals surface area contributed by atoms with Gasteiger partial charge in [-0.05, 0) is 32.4 Å².